The predicted octanol–water partition coefficient (Wildman–Crippen LogP) is 3.41. The molecular weight excluding hydrogens is 342 g/mol. The van der Waals surface area contributed by atoms with Crippen molar-refractivity contribution in [3.8, 4) is 0 Å². The highest BCUT2D eigenvalue weighted by molar-refractivity contribution is 6.09. The van der Waals surface area contributed by atoms with E-state index in [-0.39, 0.29) is 24.3 Å². The Bertz CT molecular complexity index is 549. The zero-order valence-electron chi connectivity index (χ0n) is 17.7. The summed E-state index contributed by atoms with van der Waals surface area (Å²) in [5, 5.41) is 2.93. The Hall–Kier alpha value is -1.59. The molecule has 1 saturated heterocycles. The number of nitrogens with one attached hydrogen (secondary N) is 1. The molecule has 1 spiro atoms. The van der Waals surface area contributed by atoms with Crippen LogP contribution in [0.4, 0.5) is 4.79 Å². The summed E-state index contributed by atoms with van der Waals surface area (Å²) in [6, 6.07) is -0.408. The first kappa shape index (κ1) is 21.7. The Balaban J connectivity index is 2.06. The Kier molecular flexibility index (Phi) is 7.29. The van der Waals surface area contributed by atoms with Crippen LogP contribution in [0.15, 0.2) is 0 Å². The predicted molar refractivity (Wildman–Crippen MR) is 106 cm³/mol. The number of nitrogens with zero attached hydrogens (tertiary/aromatic N) is 2. The van der Waals surface area contributed by atoms with E-state index in [1.54, 1.807) is 0 Å². The lowest BCUT2D eigenvalue weighted by Crippen LogP contribution is -2.54. The molecular formula is C21H37N3O3. The smallest absolute Gasteiger partial charge is 0.325 e. The first-order valence-corrected chi connectivity index (χ1v) is 10.6. The molecule has 0 aromatic rings. The van der Waals surface area contributed by atoms with Crippen molar-refractivity contribution in [1.29, 1.82) is 0 Å². The second-order valence-corrected chi connectivity index (χ2v) is 9.19. The minimum Gasteiger partial charge on any atom is -0.341 e. The minimum absolute atomic E-state index is 0.112. The van der Waals surface area contributed by atoms with Crippen LogP contribution in [0.2, 0.25) is 0 Å². The third-order valence-corrected chi connectivity index (χ3v) is 6.10. The van der Waals surface area contributed by atoms with Crippen LogP contribution in [0.25, 0.3) is 0 Å². The highest BCUT2D eigenvalue weighted by Gasteiger charge is 2.55. The number of carbonyl (C=O) groups is 3. The maximum absolute atomic E-state index is 13.1. The summed E-state index contributed by atoms with van der Waals surface area (Å²) < 4.78 is 0. The molecule has 2 rings (SSSR count). The monoisotopic (exact) mass is 379 g/mol. The third-order valence-electron chi connectivity index (χ3n) is 6.10. The fourth-order valence-electron chi connectivity index (χ4n) is 4.06. The van der Waals surface area contributed by atoms with Crippen molar-refractivity contribution in [2.75, 3.05) is 19.6 Å². The van der Waals surface area contributed by atoms with Gasteiger partial charge in [0.1, 0.15) is 12.1 Å². The Labute approximate surface area is 164 Å². The molecule has 1 heterocycles. The Morgan fingerprint density at radius 1 is 1.15 bits per heavy atom. The largest absolute Gasteiger partial charge is 0.341 e. The van der Waals surface area contributed by atoms with E-state index >= 15 is 0 Å². The molecule has 0 bridgehead atoms. The average Bonchev–Trinajstić information content (AvgIpc) is 2.82. The van der Waals surface area contributed by atoms with Crippen molar-refractivity contribution in [3.63, 3.8) is 0 Å². The number of imide groups is 1. The van der Waals surface area contributed by atoms with Gasteiger partial charge in [-0.25, -0.2) is 4.79 Å². The third kappa shape index (κ3) is 5.02. The summed E-state index contributed by atoms with van der Waals surface area (Å²) in [4.78, 5) is 41.5. The van der Waals surface area contributed by atoms with Gasteiger partial charge < -0.3 is 10.2 Å². The van der Waals surface area contributed by atoms with Gasteiger partial charge in [0.25, 0.3) is 5.91 Å². The summed E-state index contributed by atoms with van der Waals surface area (Å²) in [6.07, 6.45) is 5.47. The maximum Gasteiger partial charge on any atom is 0.325 e. The zero-order chi connectivity index (χ0) is 20.2. The van der Waals surface area contributed by atoms with Gasteiger partial charge in [0.05, 0.1) is 0 Å². The number of hydrogen-bond acceptors (Lipinski definition) is 3. The number of hydrogen-bond donors (Lipinski definition) is 1. The van der Waals surface area contributed by atoms with Crippen LogP contribution in [0.3, 0.4) is 0 Å². The van der Waals surface area contributed by atoms with Crippen LogP contribution in [0, 0.1) is 17.8 Å². The van der Waals surface area contributed by atoms with Gasteiger partial charge in [-0.15, -0.1) is 0 Å². The van der Waals surface area contributed by atoms with Gasteiger partial charge in [0, 0.05) is 13.1 Å². The van der Waals surface area contributed by atoms with Crippen LogP contribution in [-0.4, -0.2) is 52.8 Å². The highest BCUT2D eigenvalue weighted by atomic mass is 16.2. The first-order chi connectivity index (χ1) is 12.7. The number of amides is 4. The molecule has 6 nitrogen and oxygen atoms in total. The fourth-order valence-corrected chi connectivity index (χ4v) is 4.06. The summed E-state index contributed by atoms with van der Waals surface area (Å²) >= 11 is 0. The van der Waals surface area contributed by atoms with E-state index in [1.165, 1.54) is 0 Å². The molecule has 2 atom stereocenters. The normalized spacial score (nSPS) is 25.6. The molecule has 2 aliphatic rings. The van der Waals surface area contributed by atoms with Crippen molar-refractivity contribution in [2.45, 2.75) is 78.7 Å². The highest BCUT2D eigenvalue weighted by Crippen LogP contribution is 2.38. The van der Waals surface area contributed by atoms with Crippen LogP contribution in [0.1, 0.15) is 73.1 Å². The summed E-state index contributed by atoms with van der Waals surface area (Å²) in [7, 11) is 0. The van der Waals surface area contributed by atoms with E-state index in [4.69, 9.17) is 0 Å². The van der Waals surface area contributed by atoms with Crippen molar-refractivity contribution < 1.29 is 14.4 Å². The average molecular weight is 380 g/mol. The topological polar surface area (TPSA) is 69.7 Å². The second kappa shape index (κ2) is 9.07. The van der Waals surface area contributed by atoms with Crippen molar-refractivity contribution in [1.82, 2.24) is 15.1 Å². The molecule has 1 aliphatic carbocycles. The SMILES string of the molecule is CC(C)CCN(CCC(C)C)C(=O)CN1C(=O)NC2(CCCCC2C)C1=O. The van der Waals surface area contributed by atoms with Gasteiger partial charge in [-0.05, 0) is 43.4 Å². The second-order valence-electron chi connectivity index (χ2n) is 9.19. The van der Waals surface area contributed by atoms with E-state index in [0.717, 1.165) is 37.0 Å². The quantitative estimate of drug-likeness (QED) is 0.657. The van der Waals surface area contributed by atoms with Crippen molar-refractivity contribution in [2.24, 2.45) is 17.8 Å². The molecule has 1 aliphatic heterocycles. The van der Waals surface area contributed by atoms with E-state index in [9.17, 15) is 14.4 Å². The molecule has 4 amide bonds. The van der Waals surface area contributed by atoms with Crippen LogP contribution in [0.5, 0.6) is 0 Å². The van der Waals surface area contributed by atoms with Gasteiger partial charge in [-0.1, -0.05) is 47.5 Å². The van der Waals surface area contributed by atoms with Crippen LogP contribution >= 0.6 is 0 Å². The van der Waals surface area contributed by atoms with Crippen LogP contribution in [-0.2, 0) is 9.59 Å². The Morgan fingerprint density at radius 2 is 1.74 bits per heavy atom. The number of rotatable bonds is 8. The van der Waals surface area contributed by atoms with Gasteiger partial charge >= 0.3 is 6.03 Å². The molecule has 0 aromatic carbocycles. The van der Waals surface area contributed by atoms with E-state index in [1.807, 2.05) is 11.8 Å². The maximum atomic E-state index is 13.1. The number of carbonyl (C=O) groups excluding carboxylic acids is 3. The first-order valence-electron chi connectivity index (χ1n) is 10.6. The van der Waals surface area contributed by atoms with Gasteiger partial charge in [-0.3, -0.25) is 14.5 Å². The molecule has 6 heteroatoms. The summed E-state index contributed by atoms with van der Waals surface area (Å²) in [6.45, 7) is 11.8. The Morgan fingerprint density at radius 3 is 2.26 bits per heavy atom. The lowest BCUT2D eigenvalue weighted by atomic mass is 9.73. The fraction of sp³-hybridized carbons (Fsp3) is 0.857. The molecule has 2 unspecified atom stereocenters. The molecule has 2 fully saturated rings. The lowest BCUT2D eigenvalue weighted by Gasteiger charge is -2.36. The van der Waals surface area contributed by atoms with Crippen molar-refractivity contribution >= 4 is 17.8 Å². The molecule has 0 aromatic heterocycles. The lowest BCUT2D eigenvalue weighted by molar-refractivity contribution is -0.140. The van der Waals surface area contributed by atoms with E-state index in [2.05, 4.69) is 33.0 Å². The van der Waals surface area contributed by atoms with Crippen molar-refractivity contribution in [3.05, 3.63) is 0 Å². The van der Waals surface area contributed by atoms with E-state index < -0.39 is 11.6 Å². The van der Waals surface area contributed by atoms with Crippen LogP contribution < -0.4 is 5.32 Å². The van der Waals surface area contributed by atoms with E-state index in [0.29, 0.717) is 31.3 Å². The number of urea groups is 1. The van der Waals surface area contributed by atoms with Gasteiger partial charge in [0.2, 0.25) is 5.91 Å². The van der Waals surface area contributed by atoms with Gasteiger partial charge in [-0.2, -0.15) is 0 Å². The zero-order valence-corrected chi connectivity index (χ0v) is 17.7. The summed E-state index contributed by atoms with van der Waals surface area (Å²) in [5.74, 6) is 0.784. The van der Waals surface area contributed by atoms with Gasteiger partial charge in [0.15, 0.2) is 0 Å². The molecule has 1 saturated carbocycles. The minimum atomic E-state index is -0.795. The molecule has 27 heavy (non-hydrogen) atoms. The molecule has 154 valence electrons. The molecule has 0 radical (unpaired) electrons. The molecule has 1 N–H and O–H groups in total. The standard InChI is InChI=1S/C21H37N3O3/c1-15(2)9-12-23(13-10-16(3)4)18(25)14-24-19(26)21(22-20(24)27)11-7-6-8-17(21)5/h15-17H,6-14H2,1-5H3,(H,22,27). The summed E-state index contributed by atoms with van der Waals surface area (Å²) in [5.41, 5.74) is -0.795.